The molecule has 1 aromatic rings. The van der Waals surface area contributed by atoms with Crippen LogP contribution >= 0.6 is 31.9 Å². The fourth-order valence-corrected chi connectivity index (χ4v) is 3.23. The lowest BCUT2D eigenvalue weighted by molar-refractivity contribution is 0.228. The van der Waals surface area contributed by atoms with Gasteiger partial charge in [0.25, 0.3) is 0 Å². The minimum absolute atomic E-state index is 0.0459. The summed E-state index contributed by atoms with van der Waals surface area (Å²) in [7, 11) is 1.67. The lowest BCUT2D eigenvalue weighted by Crippen LogP contribution is -2.22. The topological polar surface area (TPSA) is 37.4 Å². The van der Waals surface area contributed by atoms with Crippen LogP contribution in [0.4, 0.5) is 0 Å². The van der Waals surface area contributed by atoms with Crippen LogP contribution in [0, 0.1) is 0 Å². The molecular formula is C13H12Br2N2O2. The van der Waals surface area contributed by atoms with E-state index in [1.54, 1.807) is 7.11 Å². The van der Waals surface area contributed by atoms with E-state index in [0.29, 0.717) is 0 Å². The predicted molar refractivity (Wildman–Crippen MR) is 80.6 cm³/mol. The Morgan fingerprint density at radius 3 is 2.74 bits per heavy atom. The van der Waals surface area contributed by atoms with Crippen LogP contribution in [-0.4, -0.2) is 29.0 Å². The van der Waals surface area contributed by atoms with Crippen molar-refractivity contribution in [2.45, 2.75) is 18.9 Å². The second kappa shape index (κ2) is 5.26. The Morgan fingerprint density at radius 2 is 2.05 bits per heavy atom. The molecule has 3 rings (SSSR count). The van der Waals surface area contributed by atoms with Crippen molar-refractivity contribution < 1.29 is 9.47 Å². The van der Waals surface area contributed by atoms with Gasteiger partial charge in [0.05, 0.1) is 7.11 Å². The number of aliphatic imine (C=N–C) groups is 1. The number of fused-ring (bicyclic) bond motifs is 1. The van der Waals surface area contributed by atoms with Gasteiger partial charge in [-0.25, -0.2) is 4.99 Å². The SMILES string of the molecule is COc1ccc(CN2C=C(Br)N=C(Br)C3OC32)cc1. The van der Waals surface area contributed by atoms with Gasteiger partial charge in [-0.05, 0) is 49.6 Å². The highest BCUT2D eigenvalue weighted by Crippen LogP contribution is 2.35. The van der Waals surface area contributed by atoms with Crippen molar-refractivity contribution in [2.24, 2.45) is 4.99 Å². The Balaban J connectivity index is 1.74. The summed E-state index contributed by atoms with van der Waals surface area (Å²) in [6.45, 7) is 0.774. The van der Waals surface area contributed by atoms with Crippen molar-refractivity contribution in [3.63, 3.8) is 0 Å². The van der Waals surface area contributed by atoms with Crippen molar-refractivity contribution in [2.75, 3.05) is 7.11 Å². The standard InChI is InChI=1S/C13H12Br2N2O2/c1-18-9-4-2-8(3-5-9)6-17-7-10(14)16-12(15)11-13(17)19-11/h2-5,7,11,13H,6H2,1H3. The van der Waals surface area contributed by atoms with Crippen LogP contribution in [0.1, 0.15) is 5.56 Å². The summed E-state index contributed by atoms with van der Waals surface area (Å²) in [6.07, 6.45) is 2.07. The predicted octanol–water partition coefficient (Wildman–Crippen LogP) is 3.22. The second-order valence-corrected chi connectivity index (χ2v) is 5.98. The van der Waals surface area contributed by atoms with E-state index in [1.807, 2.05) is 18.3 Å². The number of ether oxygens (including phenoxy) is 2. The number of benzene rings is 1. The highest BCUT2D eigenvalue weighted by Gasteiger charge is 2.47. The van der Waals surface area contributed by atoms with Gasteiger partial charge in [-0.15, -0.1) is 0 Å². The smallest absolute Gasteiger partial charge is 0.164 e. The van der Waals surface area contributed by atoms with Crippen molar-refractivity contribution >= 4 is 36.5 Å². The van der Waals surface area contributed by atoms with Crippen molar-refractivity contribution in [3.8, 4) is 5.75 Å². The molecule has 2 unspecified atom stereocenters. The van der Waals surface area contributed by atoms with Crippen LogP contribution in [0.3, 0.4) is 0 Å². The zero-order valence-electron chi connectivity index (χ0n) is 10.2. The summed E-state index contributed by atoms with van der Waals surface area (Å²) in [5, 5.41) is 0. The third kappa shape index (κ3) is 2.85. The van der Waals surface area contributed by atoms with E-state index in [4.69, 9.17) is 9.47 Å². The third-order valence-electron chi connectivity index (χ3n) is 3.04. The molecule has 2 aliphatic rings. The first-order chi connectivity index (χ1) is 9.17. The summed E-state index contributed by atoms with van der Waals surface area (Å²) in [5.74, 6) is 0.864. The van der Waals surface area contributed by atoms with E-state index >= 15 is 0 Å². The van der Waals surface area contributed by atoms with Gasteiger partial charge in [-0.3, -0.25) is 0 Å². The summed E-state index contributed by atoms with van der Waals surface area (Å²) in [6, 6.07) is 8.03. The molecule has 0 N–H and O–H groups in total. The number of methoxy groups -OCH3 is 1. The Kier molecular flexibility index (Phi) is 3.64. The van der Waals surface area contributed by atoms with E-state index in [2.05, 4.69) is 53.9 Å². The maximum absolute atomic E-state index is 5.61. The average molecular weight is 388 g/mol. The van der Waals surface area contributed by atoms with E-state index < -0.39 is 0 Å². The maximum Gasteiger partial charge on any atom is 0.164 e. The van der Waals surface area contributed by atoms with Crippen LogP contribution in [-0.2, 0) is 11.3 Å². The summed E-state index contributed by atoms with van der Waals surface area (Å²) in [4.78, 5) is 6.48. The number of rotatable bonds is 3. The van der Waals surface area contributed by atoms with Crippen molar-refractivity contribution in [3.05, 3.63) is 40.6 Å². The largest absolute Gasteiger partial charge is 0.497 e. The normalized spacial score (nSPS) is 25.1. The quantitative estimate of drug-likeness (QED) is 0.590. The van der Waals surface area contributed by atoms with Gasteiger partial charge in [0.1, 0.15) is 15.0 Å². The minimum atomic E-state index is 0.0459. The molecule has 0 aliphatic carbocycles. The van der Waals surface area contributed by atoms with Crippen molar-refractivity contribution in [1.82, 2.24) is 4.90 Å². The third-order valence-corrected chi connectivity index (χ3v) is 4.05. The van der Waals surface area contributed by atoms with Gasteiger partial charge in [0.15, 0.2) is 12.3 Å². The maximum atomic E-state index is 5.61. The number of nitrogens with zero attached hydrogens (tertiary/aromatic N) is 2. The van der Waals surface area contributed by atoms with Gasteiger partial charge in [0.2, 0.25) is 0 Å². The summed E-state index contributed by atoms with van der Waals surface area (Å²) < 4.78 is 12.4. The molecule has 4 nitrogen and oxygen atoms in total. The first kappa shape index (κ1) is 13.1. The molecule has 1 fully saturated rings. The van der Waals surface area contributed by atoms with Crippen LogP contribution < -0.4 is 4.74 Å². The van der Waals surface area contributed by atoms with Gasteiger partial charge in [-0.1, -0.05) is 12.1 Å². The minimum Gasteiger partial charge on any atom is -0.497 e. The van der Waals surface area contributed by atoms with Gasteiger partial charge in [0, 0.05) is 12.7 Å². The lowest BCUT2D eigenvalue weighted by Gasteiger charge is -2.17. The molecule has 0 spiro atoms. The van der Waals surface area contributed by atoms with Crippen LogP contribution in [0.15, 0.2) is 40.1 Å². The van der Waals surface area contributed by atoms with E-state index in [-0.39, 0.29) is 12.3 Å². The summed E-state index contributed by atoms with van der Waals surface area (Å²) >= 11 is 6.86. The fourth-order valence-electron chi connectivity index (χ4n) is 2.01. The molecule has 100 valence electrons. The molecule has 0 saturated carbocycles. The molecule has 2 atom stereocenters. The Hall–Kier alpha value is -0.850. The van der Waals surface area contributed by atoms with E-state index in [9.17, 15) is 0 Å². The molecule has 2 aliphatic heterocycles. The van der Waals surface area contributed by atoms with Crippen LogP contribution in [0.5, 0.6) is 5.75 Å². The number of halogens is 2. The molecule has 0 radical (unpaired) electrons. The zero-order valence-corrected chi connectivity index (χ0v) is 13.4. The highest BCUT2D eigenvalue weighted by molar-refractivity contribution is 9.18. The van der Waals surface area contributed by atoms with Gasteiger partial charge < -0.3 is 14.4 Å². The molecule has 0 aromatic heterocycles. The highest BCUT2D eigenvalue weighted by atomic mass is 79.9. The molecule has 1 saturated heterocycles. The number of epoxide rings is 1. The molecule has 19 heavy (non-hydrogen) atoms. The molecular weight excluding hydrogens is 376 g/mol. The molecule has 0 amide bonds. The number of hydrogen-bond donors (Lipinski definition) is 0. The average Bonchev–Trinajstić information content (AvgIpc) is 3.18. The fraction of sp³-hybridized carbons (Fsp3) is 0.308. The van der Waals surface area contributed by atoms with Gasteiger partial charge in [-0.2, -0.15) is 0 Å². The molecule has 2 heterocycles. The van der Waals surface area contributed by atoms with Crippen LogP contribution in [0.25, 0.3) is 0 Å². The first-order valence-electron chi connectivity index (χ1n) is 5.83. The van der Waals surface area contributed by atoms with Gasteiger partial charge >= 0.3 is 0 Å². The lowest BCUT2D eigenvalue weighted by atomic mass is 10.2. The molecule has 6 heteroatoms. The number of hydrogen-bond acceptors (Lipinski definition) is 4. The van der Waals surface area contributed by atoms with E-state index in [0.717, 1.165) is 21.5 Å². The zero-order chi connectivity index (χ0) is 13.4. The summed E-state index contributed by atoms with van der Waals surface area (Å²) in [5.41, 5.74) is 1.20. The Morgan fingerprint density at radius 1 is 1.32 bits per heavy atom. The molecule has 0 bridgehead atoms. The Labute approximate surface area is 128 Å². The van der Waals surface area contributed by atoms with E-state index in [1.165, 1.54) is 5.56 Å². The molecule has 1 aromatic carbocycles. The van der Waals surface area contributed by atoms with Crippen molar-refractivity contribution in [1.29, 1.82) is 0 Å². The first-order valence-corrected chi connectivity index (χ1v) is 7.41. The second-order valence-electron chi connectivity index (χ2n) is 4.35. The van der Waals surface area contributed by atoms with Crippen LogP contribution in [0.2, 0.25) is 0 Å². The monoisotopic (exact) mass is 386 g/mol. The Bertz CT molecular complexity index is 542.